The molecule has 0 spiro atoms. The number of piperidine rings is 1. The summed E-state index contributed by atoms with van der Waals surface area (Å²) in [5.74, 6) is 1.11. The van der Waals surface area contributed by atoms with Crippen molar-refractivity contribution in [1.29, 1.82) is 0 Å². The minimum absolute atomic E-state index is 0.0197. The summed E-state index contributed by atoms with van der Waals surface area (Å²) in [6, 6.07) is 3.55. The minimum atomic E-state index is -0.308. The van der Waals surface area contributed by atoms with E-state index in [2.05, 4.69) is 0 Å². The quantitative estimate of drug-likeness (QED) is 0.771. The molecule has 1 aromatic carbocycles. The van der Waals surface area contributed by atoms with Gasteiger partial charge in [-0.3, -0.25) is 4.79 Å². The Balaban J connectivity index is 1.48. The van der Waals surface area contributed by atoms with Crippen molar-refractivity contribution in [3.05, 3.63) is 28.8 Å². The van der Waals surface area contributed by atoms with Gasteiger partial charge in [-0.1, -0.05) is 11.6 Å². The number of halogens is 1. The third-order valence-corrected chi connectivity index (χ3v) is 4.94. The number of fused-ring (bicyclic) bond motifs is 1. The van der Waals surface area contributed by atoms with E-state index in [1.165, 1.54) is 0 Å². The van der Waals surface area contributed by atoms with Crippen LogP contribution in [0.3, 0.4) is 0 Å². The molecule has 0 unspecified atom stereocenters. The Hall–Kier alpha value is -1.76. The van der Waals surface area contributed by atoms with Crippen LogP contribution in [0.4, 0.5) is 0 Å². The Labute approximate surface area is 151 Å². The Morgan fingerprint density at radius 2 is 2.04 bits per heavy atom. The molecular weight excluding hydrogens is 346 g/mol. The molecule has 25 heavy (non-hydrogen) atoms. The van der Waals surface area contributed by atoms with Crippen molar-refractivity contribution in [1.82, 2.24) is 4.90 Å². The summed E-state index contributed by atoms with van der Waals surface area (Å²) < 4.78 is 21.9. The van der Waals surface area contributed by atoms with Gasteiger partial charge in [0.05, 0.1) is 24.3 Å². The number of amides is 1. The summed E-state index contributed by atoms with van der Waals surface area (Å²) in [6.45, 7) is 2.07. The molecule has 4 rings (SSSR count). The van der Waals surface area contributed by atoms with Gasteiger partial charge in [0.15, 0.2) is 17.8 Å². The first-order chi connectivity index (χ1) is 12.2. The summed E-state index contributed by atoms with van der Waals surface area (Å²) in [6.07, 6.45) is 6.00. The summed E-state index contributed by atoms with van der Waals surface area (Å²) in [4.78, 5) is 14.5. The second-order valence-electron chi connectivity index (χ2n) is 6.27. The summed E-state index contributed by atoms with van der Waals surface area (Å²) >= 11 is 6.18. The zero-order valence-corrected chi connectivity index (χ0v) is 14.5. The van der Waals surface area contributed by atoms with Crippen LogP contribution in [-0.2, 0) is 14.3 Å². The Morgan fingerprint density at radius 3 is 2.88 bits per heavy atom. The first-order valence-corrected chi connectivity index (χ1v) is 8.91. The van der Waals surface area contributed by atoms with Crippen molar-refractivity contribution in [2.24, 2.45) is 0 Å². The van der Waals surface area contributed by atoms with Crippen LogP contribution in [0.5, 0.6) is 11.5 Å². The Bertz CT molecular complexity index is 686. The number of hydrogen-bond acceptors (Lipinski definition) is 5. The zero-order valence-electron chi connectivity index (χ0n) is 13.8. The molecule has 3 heterocycles. The largest absolute Gasteiger partial charge is 0.454 e. The maximum atomic E-state index is 12.7. The van der Waals surface area contributed by atoms with Crippen molar-refractivity contribution >= 4 is 23.6 Å². The van der Waals surface area contributed by atoms with Crippen molar-refractivity contribution < 1.29 is 23.7 Å². The van der Waals surface area contributed by atoms with Gasteiger partial charge >= 0.3 is 0 Å². The average Bonchev–Trinajstić information content (AvgIpc) is 3.31. The van der Waals surface area contributed by atoms with Gasteiger partial charge in [0, 0.05) is 12.6 Å². The second kappa shape index (κ2) is 7.23. The van der Waals surface area contributed by atoms with Gasteiger partial charge in [-0.25, -0.2) is 0 Å². The van der Waals surface area contributed by atoms with E-state index in [-0.39, 0.29) is 25.0 Å². The maximum absolute atomic E-state index is 12.7. The summed E-state index contributed by atoms with van der Waals surface area (Å²) in [5.41, 5.74) is 0.796. The van der Waals surface area contributed by atoms with E-state index in [4.69, 9.17) is 30.5 Å². The highest BCUT2D eigenvalue weighted by molar-refractivity contribution is 6.32. The molecule has 3 aliphatic heterocycles. The van der Waals surface area contributed by atoms with Gasteiger partial charge in [0.2, 0.25) is 12.7 Å². The van der Waals surface area contributed by atoms with E-state index in [0.717, 1.165) is 31.4 Å². The molecule has 0 radical (unpaired) electrons. The molecule has 134 valence electrons. The highest BCUT2D eigenvalue weighted by Crippen LogP contribution is 2.40. The maximum Gasteiger partial charge on any atom is 0.246 e. The highest BCUT2D eigenvalue weighted by Gasteiger charge is 2.35. The fraction of sp³-hybridized carbons (Fsp3) is 0.500. The van der Waals surface area contributed by atoms with Crippen molar-refractivity contribution in [3.8, 4) is 11.5 Å². The molecule has 0 N–H and O–H groups in total. The Kier molecular flexibility index (Phi) is 4.83. The van der Waals surface area contributed by atoms with E-state index in [0.29, 0.717) is 29.7 Å². The van der Waals surface area contributed by atoms with Gasteiger partial charge in [-0.15, -0.1) is 0 Å². The first-order valence-electron chi connectivity index (χ1n) is 8.53. The van der Waals surface area contributed by atoms with Crippen LogP contribution < -0.4 is 9.47 Å². The van der Waals surface area contributed by atoms with E-state index < -0.39 is 0 Å². The molecular formula is C18H20ClNO5. The van der Waals surface area contributed by atoms with Crippen LogP contribution in [0.2, 0.25) is 5.02 Å². The van der Waals surface area contributed by atoms with Crippen LogP contribution in [0.25, 0.3) is 6.08 Å². The SMILES string of the molecule is O=C(/C=C/c1cc(Cl)c2c(c1)OCO2)N1CCCC[C@@H]1C1OCCO1. The van der Waals surface area contributed by atoms with Gasteiger partial charge in [-0.2, -0.15) is 0 Å². The highest BCUT2D eigenvalue weighted by atomic mass is 35.5. The lowest BCUT2D eigenvalue weighted by molar-refractivity contribution is -0.145. The number of rotatable bonds is 3. The average molecular weight is 366 g/mol. The lowest BCUT2D eigenvalue weighted by Gasteiger charge is -2.37. The number of carbonyl (C=O) groups excluding carboxylic acids is 1. The lowest BCUT2D eigenvalue weighted by Crippen LogP contribution is -2.49. The fourth-order valence-electron chi connectivity index (χ4n) is 3.46. The van der Waals surface area contributed by atoms with Crippen molar-refractivity contribution in [2.75, 3.05) is 26.6 Å². The summed E-state index contributed by atoms with van der Waals surface area (Å²) in [5, 5.41) is 0.478. The second-order valence-corrected chi connectivity index (χ2v) is 6.68. The van der Waals surface area contributed by atoms with Gasteiger partial charge < -0.3 is 23.8 Å². The molecule has 1 amide bonds. The normalized spacial score (nSPS) is 23.6. The summed E-state index contributed by atoms with van der Waals surface area (Å²) in [7, 11) is 0. The van der Waals surface area contributed by atoms with Crippen LogP contribution >= 0.6 is 11.6 Å². The molecule has 2 fully saturated rings. The predicted octanol–water partition coefficient (Wildman–Crippen LogP) is 2.84. The topological polar surface area (TPSA) is 57.2 Å². The fourth-order valence-corrected chi connectivity index (χ4v) is 3.73. The van der Waals surface area contributed by atoms with Crippen molar-refractivity contribution in [3.63, 3.8) is 0 Å². The first kappa shape index (κ1) is 16.7. The van der Waals surface area contributed by atoms with E-state index in [9.17, 15) is 4.79 Å². The number of nitrogens with zero attached hydrogens (tertiary/aromatic N) is 1. The van der Waals surface area contributed by atoms with Crippen LogP contribution in [0.15, 0.2) is 18.2 Å². The van der Waals surface area contributed by atoms with Crippen LogP contribution in [0.1, 0.15) is 24.8 Å². The Morgan fingerprint density at radius 1 is 1.20 bits per heavy atom. The minimum Gasteiger partial charge on any atom is -0.454 e. The zero-order chi connectivity index (χ0) is 17.2. The molecule has 0 aliphatic carbocycles. The number of ether oxygens (including phenoxy) is 4. The molecule has 6 nitrogen and oxygen atoms in total. The standard InChI is InChI=1S/C18H20ClNO5/c19-13-9-12(10-15-17(13)25-11-24-15)4-5-16(21)20-6-2-1-3-14(20)18-22-7-8-23-18/h4-5,9-10,14,18H,1-3,6-8,11H2/b5-4+/t14-/m1/s1. The molecule has 7 heteroatoms. The number of likely N-dealkylation sites (tertiary alicyclic amines) is 1. The van der Waals surface area contributed by atoms with Crippen LogP contribution in [0, 0.1) is 0 Å². The number of benzene rings is 1. The molecule has 1 atom stereocenters. The number of carbonyl (C=O) groups is 1. The van der Waals surface area contributed by atoms with Gasteiger partial charge in [0.25, 0.3) is 0 Å². The smallest absolute Gasteiger partial charge is 0.246 e. The molecule has 0 bridgehead atoms. The molecule has 2 saturated heterocycles. The molecule has 3 aliphatic rings. The van der Waals surface area contributed by atoms with E-state index in [1.807, 2.05) is 11.0 Å². The predicted molar refractivity (Wildman–Crippen MR) is 91.7 cm³/mol. The van der Waals surface area contributed by atoms with E-state index in [1.54, 1.807) is 18.2 Å². The molecule has 0 aromatic heterocycles. The monoisotopic (exact) mass is 365 g/mol. The number of hydrogen-bond donors (Lipinski definition) is 0. The molecule has 0 saturated carbocycles. The molecule has 1 aromatic rings. The van der Waals surface area contributed by atoms with Crippen LogP contribution in [-0.4, -0.2) is 49.7 Å². The van der Waals surface area contributed by atoms with Gasteiger partial charge in [-0.05, 0) is 43.0 Å². The van der Waals surface area contributed by atoms with E-state index >= 15 is 0 Å². The van der Waals surface area contributed by atoms with Gasteiger partial charge in [0.1, 0.15) is 0 Å². The van der Waals surface area contributed by atoms with Crippen molar-refractivity contribution in [2.45, 2.75) is 31.6 Å². The lowest BCUT2D eigenvalue weighted by atomic mass is 10.0. The third kappa shape index (κ3) is 3.47. The third-order valence-electron chi connectivity index (χ3n) is 4.66.